The van der Waals surface area contributed by atoms with Crippen LogP contribution in [-0.4, -0.2) is 16.6 Å². The van der Waals surface area contributed by atoms with E-state index in [0.29, 0.717) is 12.0 Å². The lowest BCUT2D eigenvalue weighted by atomic mass is 9.99. The Kier molecular flexibility index (Phi) is 4.48. The monoisotopic (exact) mass is 259 g/mol. The Balaban J connectivity index is 2.73. The number of halogens is 2. The third-order valence-electron chi connectivity index (χ3n) is 2.85. The van der Waals surface area contributed by atoms with E-state index in [4.69, 9.17) is 16.7 Å². The summed E-state index contributed by atoms with van der Waals surface area (Å²) in [5.74, 6) is -1.42. The molecule has 0 radical (unpaired) electrons. The first-order valence-electron chi connectivity index (χ1n) is 5.31. The van der Waals surface area contributed by atoms with Crippen LogP contribution in [0.5, 0.6) is 0 Å². The van der Waals surface area contributed by atoms with Gasteiger partial charge in [0.2, 0.25) is 0 Å². The quantitative estimate of drug-likeness (QED) is 0.855. The lowest BCUT2D eigenvalue weighted by molar-refractivity contribution is -0.144. The summed E-state index contributed by atoms with van der Waals surface area (Å²) in [4.78, 5) is 11.0. The number of carbonyl (C=O) groups is 1. The molecule has 1 aromatic carbocycles. The third kappa shape index (κ3) is 3.41. The maximum Gasteiger partial charge on any atom is 0.323 e. The SMILES string of the molecule is CCC(C)(NCc1ccc(Cl)c(F)c1)C(=O)O. The zero-order valence-corrected chi connectivity index (χ0v) is 10.5. The number of carboxylic acids is 1. The van der Waals surface area contributed by atoms with Crippen LogP contribution in [0.15, 0.2) is 18.2 Å². The van der Waals surface area contributed by atoms with Gasteiger partial charge in [0.15, 0.2) is 0 Å². The third-order valence-corrected chi connectivity index (χ3v) is 3.15. The van der Waals surface area contributed by atoms with Gasteiger partial charge in [-0.3, -0.25) is 10.1 Å². The largest absolute Gasteiger partial charge is 0.480 e. The molecule has 2 N–H and O–H groups in total. The second kappa shape index (κ2) is 5.47. The van der Waals surface area contributed by atoms with E-state index < -0.39 is 17.3 Å². The van der Waals surface area contributed by atoms with Gasteiger partial charge < -0.3 is 5.11 Å². The molecule has 3 nitrogen and oxygen atoms in total. The van der Waals surface area contributed by atoms with Crippen molar-refractivity contribution in [3.05, 3.63) is 34.6 Å². The molecule has 0 aliphatic carbocycles. The molecule has 0 aliphatic heterocycles. The highest BCUT2D eigenvalue weighted by Crippen LogP contribution is 2.17. The second-order valence-electron chi connectivity index (χ2n) is 4.09. The Morgan fingerprint density at radius 1 is 1.59 bits per heavy atom. The predicted octanol–water partition coefficient (Wildman–Crippen LogP) is 2.82. The van der Waals surface area contributed by atoms with Crippen LogP contribution in [0.4, 0.5) is 4.39 Å². The molecule has 0 saturated heterocycles. The van der Waals surface area contributed by atoms with Crippen molar-refractivity contribution in [2.24, 2.45) is 0 Å². The molecule has 0 bridgehead atoms. The number of carboxylic acid groups (broad SMARTS) is 1. The summed E-state index contributed by atoms with van der Waals surface area (Å²) in [5.41, 5.74) is -0.344. The van der Waals surface area contributed by atoms with E-state index in [9.17, 15) is 9.18 Å². The van der Waals surface area contributed by atoms with Crippen LogP contribution in [-0.2, 0) is 11.3 Å². The Hall–Kier alpha value is -1.13. The molecule has 0 aliphatic rings. The maximum absolute atomic E-state index is 13.2. The van der Waals surface area contributed by atoms with Crippen molar-refractivity contribution in [1.29, 1.82) is 0 Å². The minimum atomic E-state index is -1.00. The molecule has 0 fully saturated rings. The van der Waals surface area contributed by atoms with Gasteiger partial charge in [0, 0.05) is 6.54 Å². The molecular weight excluding hydrogens is 245 g/mol. The van der Waals surface area contributed by atoms with Crippen LogP contribution in [0.2, 0.25) is 5.02 Å². The molecule has 1 atom stereocenters. The van der Waals surface area contributed by atoms with Crippen LogP contribution in [0.1, 0.15) is 25.8 Å². The van der Waals surface area contributed by atoms with E-state index in [1.165, 1.54) is 12.1 Å². The summed E-state index contributed by atoms with van der Waals surface area (Å²) in [6.45, 7) is 3.66. The lowest BCUT2D eigenvalue weighted by Gasteiger charge is -2.24. The van der Waals surface area contributed by atoms with E-state index >= 15 is 0 Å². The highest BCUT2D eigenvalue weighted by molar-refractivity contribution is 6.30. The molecule has 5 heteroatoms. The van der Waals surface area contributed by atoms with Gasteiger partial charge >= 0.3 is 5.97 Å². The Morgan fingerprint density at radius 2 is 2.24 bits per heavy atom. The van der Waals surface area contributed by atoms with Crippen LogP contribution >= 0.6 is 11.6 Å². The maximum atomic E-state index is 13.2. The first-order valence-corrected chi connectivity index (χ1v) is 5.69. The van der Waals surface area contributed by atoms with Crippen molar-refractivity contribution in [2.45, 2.75) is 32.4 Å². The number of hydrogen-bond donors (Lipinski definition) is 2. The van der Waals surface area contributed by atoms with Crippen LogP contribution in [0.25, 0.3) is 0 Å². The van der Waals surface area contributed by atoms with Crippen molar-refractivity contribution in [2.75, 3.05) is 0 Å². The Morgan fingerprint density at radius 3 is 2.71 bits per heavy atom. The van der Waals surface area contributed by atoms with E-state index in [2.05, 4.69) is 5.32 Å². The molecule has 0 aromatic heterocycles. The molecule has 0 saturated carbocycles. The van der Waals surface area contributed by atoms with Gasteiger partial charge in [-0.2, -0.15) is 0 Å². The topological polar surface area (TPSA) is 49.3 Å². The first kappa shape index (κ1) is 13.9. The van der Waals surface area contributed by atoms with Gasteiger partial charge in [-0.25, -0.2) is 4.39 Å². The van der Waals surface area contributed by atoms with Crippen molar-refractivity contribution >= 4 is 17.6 Å². The minimum Gasteiger partial charge on any atom is -0.480 e. The number of benzene rings is 1. The highest BCUT2D eigenvalue weighted by Gasteiger charge is 2.30. The molecule has 1 rings (SSSR count). The van der Waals surface area contributed by atoms with Gasteiger partial charge in [-0.15, -0.1) is 0 Å². The second-order valence-corrected chi connectivity index (χ2v) is 4.50. The van der Waals surface area contributed by atoms with Gasteiger partial charge in [0.1, 0.15) is 11.4 Å². The van der Waals surface area contributed by atoms with E-state index in [0.717, 1.165) is 0 Å². The van der Waals surface area contributed by atoms with Crippen LogP contribution < -0.4 is 5.32 Å². The van der Waals surface area contributed by atoms with Crippen molar-refractivity contribution in [1.82, 2.24) is 5.32 Å². The smallest absolute Gasteiger partial charge is 0.323 e. The van der Waals surface area contributed by atoms with Crippen LogP contribution in [0.3, 0.4) is 0 Å². The fraction of sp³-hybridized carbons (Fsp3) is 0.417. The van der Waals surface area contributed by atoms with E-state index in [-0.39, 0.29) is 11.6 Å². The van der Waals surface area contributed by atoms with E-state index in [1.54, 1.807) is 19.9 Å². The summed E-state index contributed by atoms with van der Waals surface area (Å²) in [7, 11) is 0. The Bertz CT molecular complexity index is 425. The fourth-order valence-electron chi connectivity index (χ4n) is 1.30. The molecule has 0 spiro atoms. The molecule has 17 heavy (non-hydrogen) atoms. The van der Waals surface area contributed by atoms with Crippen molar-refractivity contribution < 1.29 is 14.3 Å². The standard InChI is InChI=1S/C12H15ClFNO2/c1-3-12(2,11(16)17)15-7-8-4-5-9(13)10(14)6-8/h4-6,15H,3,7H2,1-2H3,(H,16,17). The molecule has 1 unspecified atom stereocenters. The zero-order chi connectivity index (χ0) is 13.1. The molecular formula is C12H15ClFNO2. The summed E-state index contributed by atoms with van der Waals surface area (Å²) in [6.07, 6.45) is 0.443. The molecule has 0 amide bonds. The fourth-order valence-corrected chi connectivity index (χ4v) is 1.42. The van der Waals surface area contributed by atoms with Crippen molar-refractivity contribution in [3.63, 3.8) is 0 Å². The number of hydrogen-bond acceptors (Lipinski definition) is 2. The van der Waals surface area contributed by atoms with E-state index in [1.807, 2.05) is 0 Å². The summed E-state index contributed by atoms with van der Waals surface area (Å²) in [6, 6.07) is 4.42. The number of aliphatic carboxylic acids is 1. The normalized spacial score (nSPS) is 14.4. The molecule has 94 valence electrons. The van der Waals surface area contributed by atoms with Gasteiger partial charge in [0.05, 0.1) is 5.02 Å². The Labute approximate surface area is 105 Å². The molecule has 0 heterocycles. The highest BCUT2D eigenvalue weighted by atomic mass is 35.5. The minimum absolute atomic E-state index is 0.0604. The summed E-state index contributed by atoms with van der Waals surface area (Å²) in [5, 5.41) is 12.0. The number of rotatable bonds is 5. The first-order chi connectivity index (χ1) is 7.89. The lowest BCUT2D eigenvalue weighted by Crippen LogP contribution is -2.48. The summed E-state index contributed by atoms with van der Waals surface area (Å²) >= 11 is 5.56. The predicted molar refractivity (Wildman–Crippen MR) is 64.6 cm³/mol. The van der Waals surface area contributed by atoms with Gasteiger partial charge in [0.25, 0.3) is 0 Å². The molecule has 1 aromatic rings. The average molecular weight is 260 g/mol. The van der Waals surface area contributed by atoms with Crippen molar-refractivity contribution in [3.8, 4) is 0 Å². The van der Waals surface area contributed by atoms with Gasteiger partial charge in [-0.05, 0) is 31.0 Å². The van der Waals surface area contributed by atoms with Gasteiger partial charge in [-0.1, -0.05) is 24.6 Å². The van der Waals surface area contributed by atoms with Crippen LogP contribution in [0, 0.1) is 5.82 Å². The zero-order valence-electron chi connectivity index (χ0n) is 9.76. The summed E-state index contributed by atoms with van der Waals surface area (Å²) < 4.78 is 13.2. The average Bonchev–Trinajstić information content (AvgIpc) is 2.30. The number of nitrogens with one attached hydrogen (secondary N) is 1.